The molecule has 5 nitrogen and oxygen atoms in total. The van der Waals surface area contributed by atoms with Gasteiger partial charge in [0.05, 0.1) is 12.8 Å². The Morgan fingerprint density at radius 1 is 1.56 bits per heavy atom. The zero-order valence-corrected chi connectivity index (χ0v) is 12.3. The minimum absolute atomic E-state index is 0. The summed E-state index contributed by atoms with van der Waals surface area (Å²) in [6, 6.07) is 5.57. The maximum absolute atomic E-state index is 5.75. The second-order valence-electron chi connectivity index (χ2n) is 3.77. The number of pyridine rings is 1. The Hall–Kier alpha value is -1.31. The van der Waals surface area contributed by atoms with Gasteiger partial charge in [-0.3, -0.25) is 0 Å². The minimum Gasteiger partial charge on any atom is -0.496 e. The lowest BCUT2D eigenvalue weighted by atomic mass is 10.2. The van der Waals surface area contributed by atoms with Gasteiger partial charge in [0.2, 0.25) is 0 Å². The molecule has 6 heteroatoms. The lowest BCUT2D eigenvalue weighted by Gasteiger charge is -2.17. The molecule has 0 amide bonds. The fraction of sp³-hybridized carbons (Fsp3) is 0.333. The van der Waals surface area contributed by atoms with Crippen molar-refractivity contribution < 1.29 is 4.74 Å². The molecular formula is C12H17IN4O. The predicted molar refractivity (Wildman–Crippen MR) is 83.0 cm³/mol. The third kappa shape index (κ3) is 4.91. The first-order valence-electron chi connectivity index (χ1n) is 5.63. The number of ether oxygens (including phenoxy) is 1. The first-order chi connectivity index (χ1) is 8.34. The summed E-state index contributed by atoms with van der Waals surface area (Å²) >= 11 is 0. The van der Waals surface area contributed by atoms with Gasteiger partial charge in [-0.2, -0.15) is 0 Å². The lowest BCUT2D eigenvalue weighted by molar-refractivity contribution is 0.131. The molecule has 1 atom stereocenters. The van der Waals surface area contributed by atoms with Gasteiger partial charge in [-0.1, -0.05) is 6.07 Å². The summed E-state index contributed by atoms with van der Waals surface area (Å²) in [6.45, 7) is 0.565. The van der Waals surface area contributed by atoms with Gasteiger partial charge in [0.1, 0.15) is 11.9 Å². The molecule has 0 spiro atoms. The molecule has 0 saturated carbocycles. The van der Waals surface area contributed by atoms with E-state index in [4.69, 9.17) is 10.5 Å². The third-order valence-corrected chi connectivity index (χ3v) is 2.41. The SMILES string of the molecule is I.NC(=NCC1CCC=CO1)Nc1ccccn1. The smallest absolute Gasteiger partial charge is 0.194 e. The van der Waals surface area contributed by atoms with Gasteiger partial charge in [0.15, 0.2) is 5.96 Å². The fourth-order valence-electron chi connectivity index (χ4n) is 1.53. The molecule has 1 aliphatic heterocycles. The molecule has 0 radical (unpaired) electrons. The quantitative estimate of drug-likeness (QED) is 0.492. The molecule has 0 fully saturated rings. The number of nitrogens with two attached hydrogens (primary N) is 1. The number of guanidine groups is 1. The van der Waals surface area contributed by atoms with E-state index in [9.17, 15) is 0 Å². The van der Waals surface area contributed by atoms with Crippen molar-refractivity contribution in [1.82, 2.24) is 4.98 Å². The largest absolute Gasteiger partial charge is 0.496 e. The van der Waals surface area contributed by atoms with E-state index in [1.807, 2.05) is 24.3 Å². The molecule has 3 N–H and O–H groups in total. The average molecular weight is 360 g/mol. The van der Waals surface area contributed by atoms with E-state index >= 15 is 0 Å². The molecule has 0 bridgehead atoms. The molecule has 1 aromatic heterocycles. The zero-order chi connectivity index (χ0) is 11.9. The van der Waals surface area contributed by atoms with Crippen LogP contribution in [0.1, 0.15) is 12.8 Å². The van der Waals surface area contributed by atoms with Gasteiger partial charge in [0, 0.05) is 6.20 Å². The number of aromatic nitrogens is 1. The molecule has 18 heavy (non-hydrogen) atoms. The Morgan fingerprint density at radius 2 is 2.44 bits per heavy atom. The summed E-state index contributed by atoms with van der Waals surface area (Å²) in [7, 11) is 0. The van der Waals surface area contributed by atoms with Crippen LogP contribution in [0.2, 0.25) is 0 Å². The molecule has 1 aromatic rings. The summed E-state index contributed by atoms with van der Waals surface area (Å²) in [6.07, 6.45) is 7.58. The lowest BCUT2D eigenvalue weighted by Crippen LogP contribution is -2.26. The first-order valence-corrected chi connectivity index (χ1v) is 5.63. The van der Waals surface area contributed by atoms with Crippen LogP contribution in [0.3, 0.4) is 0 Å². The van der Waals surface area contributed by atoms with Gasteiger partial charge < -0.3 is 15.8 Å². The van der Waals surface area contributed by atoms with Crippen LogP contribution in [0.5, 0.6) is 0 Å². The van der Waals surface area contributed by atoms with Crippen molar-refractivity contribution in [2.45, 2.75) is 18.9 Å². The summed E-state index contributed by atoms with van der Waals surface area (Å²) < 4.78 is 5.39. The number of halogens is 1. The number of hydrogen-bond donors (Lipinski definition) is 2. The van der Waals surface area contributed by atoms with Crippen molar-refractivity contribution in [3.8, 4) is 0 Å². The van der Waals surface area contributed by atoms with E-state index in [0.717, 1.165) is 12.8 Å². The van der Waals surface area contributed by atoms with Gasteiger partial charge in [0.25, 0.3) is 0 Å². The highest BCUT2D eigenvalue weighted by Gasteiger charge is 2.09. The molecule has 98 valence electrons. The van der Waals surface area contributed by atoms with Crippen LogP contribution in [-0.4, -0.2) is 23.6 Å². The standard InChI is InChI=1S/C12H16N4O.HI/c13-12(16-11-6-1-3-7-14-11)15-9-10-5-2-4-8-17-10;/h1,3-4,6-8,10H,2,5,9H2,(H3,13,14,15,16);1H. The van der Waals surface area contributed by atoms with Crippen LogP contribution >= 0.6 is 24.0 Å². The first kappa shape index (κ1) is 14.7. The average Bonchev–Trinajstić information content (AvgIpc) is 2.39. The van der Waals surface area contributed by atoms with E-state index in [1.54, 1.807) is 12.5 Å². The highest BCUT2D eigenvalue weighted by Crippen LogP contribution is 2.10. The molecule has 0 aromatic carbocycles. The van der Waals surface area contributed by atoms with Crippen LogP contribution in [0, 0.1) is 0 Å². The molecule has 0 saturated heterocycles. The maximum Gasteiger partial charge on any atom is 0.194 e. The van der Waals surface area contributed by atoms with Crippen molar-refractivity contribution >= 4 is 35.8 Å². The number of aliphatic imine (C=N–C) groups is 1. The summed E-state index contributed by atoms with van der Waals surface area (Å²) in [5.74, 6) is 1.06. The van der Waals surface area contributed by atoms with Crippen LogP contribution in [0.15, 0.2) is 41.7 Å². The Labute approximate surface area is 124 Å². The number of rotatable bonds is 3. The fourth-order valence-corrected chi connectivity index (χ4v) is 1.53. The molecule has 2 rings (SSSR count). The summed E-state index contributed by atoms with van der Waals surface area (Å²) in [5.41, 5.74) is 5.75. The van der Waals surface area contributed by atoms with E-state index in [1.165, 1.54) is 0 Å². The van der Waals surface area contributed by atoms with Crippen molar-refractivity contribution in [1.29, 1.82) is 0 Å². The minimum atomic E-state index is 0. The topological polar surface area (TPSA) is 72.5 Å². The van der Waals surface area contributed by atoms with E-state index < -0.39 is 0 Å². The molecule has 1 unspecified atom stereocenters. The van der Waals surface area contributed by atoms with Gasteiger partial charge in [-0.25, -0.2) is 9.98 Å². The molecule has 2 heterocycles. The van der Waals surface area contributed by atoms with Crippen molar-refractivity contribution in [3.05, 3.63) is 36.7 Å². The van der Waals surface area contributed by atoms with E-state index in [0.29, 0.717) is 18.3 Å². The van der Waals surface area contributed by atoms with Crippen molar-refractivity contribution in [2.75, 3.05) is 11.9 Å². The zero-order valence-electron chi connectivity index (χ0n) is 9.95. The highest BCUT2D eigenvalue weighted by molar-refractivity contribution is 14.0. The highest BCUT2D eigenvalue weighted by atomic mass is 127. The Bertz CT molecular complexity index is 408. The van der Waals surface area contributed by atoms with Crippen LogP contribution in [-0.2, 0) is 4.74 Å². The number of hydrogen-bond acceptors (Lipinski definition) is 3. The van der Waals surface area contributed by atoms with E-state index in [2.05, 4.69) is 15.3 Å². The maximum atomic E-state index is 5.75. The molecule has 1 aliphatic rings. The van der Waals surface area contributed by atoms with Crippen molar-refractivity contribution in [2.24, 2.45) is 10.7 Å². The Balaban J connectivity index is 0.00000162. The Morgan fingerprint density at radius 3 is 3.11 bits per heavy atom. The van der Waals surface area contributed by atoms with Gasteiger partial charge >= 0.3 is 0 Å². The molecular weight excluding hydrogens is 343 g/mol. The summed E-state index contributed by atoms with van der Waals surface area (Å²) in [4.78, 5) is 8.33. The summed E-state index contributed by atoms with van der Waals surface area (Å²) in [5, 5.41) is 2.92. The predicted octanol–water partition coefficient (Wildman–Crippen LogP) is 2.12. The van der Waals surface area contributed by atoms with Crippen LogP contribution in [0.4, 0.5) is 5.82 Å². The van der Waals surface area contributed by atoms with Crippen LogP contribution in [0.25, 0.3) is 0 Å². The van der Waals surface area contributed by atoms with Gasteiger partial charge in [-0.15, -0.1) is 24.0 Å². The second-order valence-corrected chi connectivity index (χ2v) is 3.77. The second kappa shape index (κ2) is 7.91. The number of anilines is 1. The number of nitrogens with one attached hydrogen (secondary N) is 1. The number of allylic oxidation sites excluding steroid dienone is 1. The van der Waals surface area contributed by atoms with Crippen molar-refractivity contribution in [3.63, 3.8) is 0 Å². The van der Waals surface area contributed by atoms with E-state index in [-0.39, 0.29) is 30.1 Å². The third-order valence-electron chi connectivity index (χ3n) is 2.41. The number of nitrogens with zero attached hydrogens (tertiary/aromatic N) is 2. The normalized spacial score (nSPS) is 18.7. The monoisotopic (exact) mass is 360 g/mol. The van der Waals surface area contributed by atoms with Gasteiger partial charge in [-0.05, 0) is 31.1 Å². The van der Waals surface area contributed by atoms with Crippen LogP contribution < -0.4 is 11.1 Å². The Kier molecular flexibility index (Phi) is 6.48. The molecule has 0 aliphatic carbocycles.